The van der Waals surface area contributed by atoms with Gasteiger partial charge in [-0.2, -0.15) is 20.5 Å². The molecule has 1 aromatic carbocycles. The first-order chi connectivity index (χ1) is 9.58. The van der Waals surface area contributed by atoms with Crippen LogP contribution < -0.4 is 10.1 Å². The zero-order chi connectivity index (χ0) is 14.5. The van der Waals surface area contributed by atoms with Gasteiger partial charge < -0.3 is 10.1 Å². The molecule has 1 aliphatic rings. The van der Waals surface area contributed by atoms with Crippen LogP contribution >= 0.6 is 11.8 Å². The lowest BCUT2D eigenvalue weighted by Gasteiger charge is -2.32. The molecule has 1 heterocycles. The first-order valence-electron chi connectivity index (χ1n) is 6.99. The highest BCUT2D eigenvalue weighted by atomic mass is 32.2. The van der Waals surface area contributed by atoms with E-state index in [2.05, 4.69) is 17.0 Å². The van der Waals surface area contributed by atoms with Crippen LogP contribution in [-0.4, -0.2) is 23.7 Å². The molecule has 0 aliphatic carbocycles. The minimum atomic E-state index is -2.78. The molecule has 0 spiro atoms. The van der Waals surface area contributed by atoms with E-state index in [1.807, 2.05) is 30.8 Å². The number of nitrogens with one attached hydrogen (secondary N) is 1. The highest BCUT2D eigenvalue weighted by Crippen LogP contribution is 2.30. The largest absolute Gasteiger partial charge is 0.434 e. The standard InChI is InChI=1S/C15H21F2NOS/c1-10(18-13-7-5-9-20-11(13)2)12-6-3-4-8-14(12)19-15(16)17/h3-4,6,8,10-11,13,15,18H,5,7,9H2,1-2H3. The number of thioether (sulfide) groups is 1. The summed E-state index contributed by atoms with van der Waals surface area (Å²) in [6, 6.07) is 7.42. The minimum Gasteiger partial charge on any atom is -0.434 e. The molecule has 0 aromatic heterocycles. The van der Waals surface area contributed by atoms with Gasteiger partial charge >= 0.3 is 6.61 Å². The summed E-state index contributed by atoms with van der Waals surface area (Å²) in [4.78, 5) is 0. The van der Waals surface area contributed by atoms with Crippen LogP contribution in [0.2, 0.25) is 0 Å². The van der Waals surface area contributed by atoms with Gasteiger partial charge in [-0.15, -0.1) is 0 Å². The average Bonchev–Trinajstić information content (AvgIpc) is 2.41. The van der Waals surface area contributed by atoms with Gasteiger partial charge in [-0.3, -0.25) is 0 Å². The van der Waals surface area contributed by atoms with Crippen LogP contribution in [0.4, 0.5) is 8.78 Å². The fraction of sp³-hybridized carbons (Fsp3) is 0.600. The van der Waals surface area contributed by atoms with Crippen molar-refractivity contribution in [1.29, 1.82) is 0 Å². The Bertz CT molecular complexity index is 430. The zero-order valence-electron chi connectivity index (χ0n) is 11.8. The normalized spacial score (nSPS) is 24.6. The predicted octanol–water partition coefficient (Wildman–Crippen LogP) is 4.22. The maximum Gasteiger partial charge on any atom is 0.387 e. The molecular formula is C15H21F2NOS. The number of benzene rings is 1. The molecule has 1 aromatic rings. The predicted molar refractivity (Wildman–Crippen MR) is 79.6 cm³/mol. The minimum absolute atomic E-state index is 0.00361. The van der Waals surface area contributed by atoms with Crippen molar-refractivity contribution in [1.82, 2.24) is 5.32 Å². The van der Waals surface area contributed by atoms with Crippen molar-refractivity contribution >= 4 is 11.8 Å². The Morgan fingerprint density at radius 3 is 2.80 bits per heavy atom. The van der Waals surface area contributed by atoms with Gasteiger partial charge in [0.2, 0.25) is 0 Å². The lowest BCUT2D eigenvalue weighted by Crippen LogP contribution is -2.40. The fourth-order valence-corrected chi connectivity index (χ4v) is 3.75. The van der Waals surface area contributed by atoms with Crippen molar-refractivity contribution < 1.29 is 13.5 Å². The Labute approximate surface area is 123 Å². The zero-order valence-corrected chi connectivity index (χ0v) is 12.6. The third-order valence-corrected chi connectivity index (χ3v) is 5.05. The Morgan fingerprint density at radius 1 is 1.35 bits per heavy atom. The molecule has 3 atom stereocenters. The molecule has 5 heteroatoms. The quantitative estimate of drug-likeness (QED) is 0.879. The molecule has 2 nitrogen and oxygen atoms in total. The van der Waals surface area contributed by atoms with E-state index in [9.17, 15) is 8.78 Å². The van der Waals surface area contributed by atoms with Crippen LogP contribution in [-0.2, 0) is 0 Å². The first kappa shape index (κ1) is 15.6. The maximum atomic E-state index is 12.4. The van der Waals surface area contributed by atoms with Crippen molar-refractivity contribution in [3.8, 4) is 5.75 Å². The second-order valence-corrected chi connectivity index (χ2v) is 6.61. The maximum absolute atomic E-state index is 12.4. The van der Waals surface area contributed by atoms with Crippen molar-refractivity contribution in [2.24, 2.45) is 0 Å². The van der Waals surface area contributed by atoms with E-state index in [-0.39, 0.29) is 11.8 Å². The third kappa shape index (κ3) is 4.09. The average molecular weight is 301 g/mol. The second kappa shape index (κ2) is 7.27. The Morgan fingerprint density at radius 2 is 2.10 bits per heavy atom. The van der Waals surface area contributed by atoms with Gasteiger partial charge in [-0.05, 0) is 31.6 Å². The topological polar surface area (TPSA) is 21.3 Å². The molecule has 0 bridgehead atoms. The van der Waals surface area contributed by atoms with Gasteiger partial charge in [-0.25, -0.2) is 0 Å². The molecule has 1 aliphatic heterocycles. The van der Waals surface area contributed by atoms with Crippen LogP contribution in [0.25, 0.3) is 0 Å². The molecule has 0 radical (unpaired) electrons. The summed E-state index contributed by atoms with van der Waals surface area (Å²) in [5.41, 5.74) is 0.788. The molecule has 1 fully saturated rings. The molecule has 0 amide bonds. The highest BCUT2D eigenvalue weighted by molar-refractivity contribution is 7.99. The van der Waals surface area contributed by atoms with Gasteiger partial charge in [0.05, 0.1) is 0 Å². The van der Waals surface area contributed by atoms with Crippen molar-refractivity contribution in [3.63, 3.8) is 0 Å². The summed E-state index contributed by atoms with van der Waals surface area (Å²) < 4.78 is 29.5. The monoisotopic (exact) mass is 301 g/mol. The van der Waals surface area contributed by atoms with E-state index in [0.29, 0.717) is 11.3 Å². The number of rotatable bonds is 5. The number of alkyl halides is 2. The Balaban J connectivity index is 2.06. The molecule has 2 rings (SSSR count). The number of hydrogen-bond acceptors (Lipinski definition) is 3. The molecule has 112 valence electrons. The van der Waals surface area contributed by atoms with Crippen LogP contribution in [0.5, 0.6) is 5.75 Å². The van der Waals surface area contributed by atoms with Gasteiger partial charge in [0.25, 0.3) is 0 Å². The van der Waals surface area contributed by atoms with Crippen molar-refractivity contribution in [2.75, 3.05) is 5.75 Å². The highest BCUT2D eigenvalue weighted by Gasteiger charge is 2.24. The van der Waals surface area contributed by atoms with Crippen LogP contribution in [0.3, 0.4) is 0 Å². The van der Waals surface area contributed by atoms with E-state index in [4.69, 9.17) is 0 Å². The van der Waals surface area contributed by atoms with Crippen molar-refractivity contribution in [3.05, 3.63) is 29.8 Å². The molecule has 1 N–H and O–H groups in total. The van der Waals surface area contributed by atoms with Gasteiger partial charge in [-0.1, -0.05) is 25.1 Å². The van der Waals surface area contributed by atoms with Crippen LogP contribution in [0.1, 0.15) is 38.3 Å². The lowest BCUT2D eigenvalue weighted by molar-refractivity contribution is -0.0506. The lowest BCUT2D eigenvalue weighted by atomic mass is 10.0. The van der Waals surface area contributed by atoms with Crippen LogP contribution in [0.15, 0.2) is 24.3 Å². The van der Waals surface area contributed by atoms with E-state index in [1.165, 1.54) is 12.2 Å². The number of halogens is 2. The summed E-state index contributed by atoms with van der Waals surface area (Å²) in [5, 5.41) is 4.10. The second-order valence-electron chi connectivity index (χ2n) is 5.13. The van der Waals surface area contributed by atoms with E-state index in [0.717, 1.165) is 12.0 Å². The molecule has 3 unspecified atom stereocenters. The molecule has 1 saturated heterocycles. The molecule has 20 heavy (non-hydrogen) atoms. The summed E-state index contributed by atoms with van der Waals surface area (Å²) in [5.74, 6) is 1.47. The van der Waals surface area contributed by atoms with E-state index >= 15 is 0 Å². The molecule has 0 saturated carbocycles. The number of para-hydroxylation sites is 1. The molecular weight excluding hydrogens is 280 g/mol. The van der Waals surface area contributed by atoms with Gasteiger partial charge in [0, 0.05) is 22.9 Å². The Hall–Kier alpha value is -0.810. The number of hydrogen-bond donors (Lipinski definition) is 1. The Kier molecular flexibility index (Phi) is 5.66. The van der Waals surface area contributed by atoms with Crippen LogP contribution in [0, 0.1) is 0 Å². The first-order valence-corrected chi connectivity index (χ1v) is 8.04. The summed E-state index contributed by atoms with van der Waals surface area (Å²) in [6.45, 7) is 1.43. The van der Waals surface area contributed by atoms with E-state index in [1.54, 1.807) is 12.1 Å². The summed E-state index contributed by atoms with van der Waals surface area (Å²) >= 11 is 1.96. The number of ether oxygens (including phenoxy) is 1. The van der Waals surface area contributed by atoms with Gasteiger partial charge in [0.1, 0.15) is 5.75 Å². The summed E-state index contributed by atoms with van der Waals surface area (Å²) in [6.07, 6.45) is 2.34. The SMILES string of the molecule is CC(NC1CCCSC1C)c1ccccc1OC(F)F. The summed E-state index contributed by atoms with van der Waals surface area (Å²) in [7, 11) is 0. The smallest absolute Gasteiger partial charge is 0.387 e. The van der Waals surface area contributed by atoms with E-state index < -0.39 is 6.61 Å². The van der Waals surface area contributed by atoms with Gasteiger partial charge in [0.15, 0.2) is 0 Å². The third-order valence-electron chi connectivity index (χ3n) is 3.67. The van der Waals surface area contributed by atoms with Crippen molar-refractivity contribution in [2.45, 2.75) is 50.6 Å². The fourth-order valence-electron chi connectivity index (χ4n) is 2.59.